The minimum Gasteiger partial charge on any atom is -0.459 e. The van der Waals surface area contributed by atoms with Crippen LogP contribution in [0.25, 0.3) is 0 Å². The van der Waals surface area contributed by atoms with Crippen molar-refractivity contribution in [3.63, 3.8) is 0 Å². The number of rotatable bonds is 8. The van der Waals surface area contributed by atoms with Crippen molar-refractivity contribution in [3.8, 4) is 0 Å². The van der Waals surface area contributed by atoms with Gasteiger partial charge in [-0.2, -0.15) is 0 Å². The SMILES string of the molecule is CC(=O)O[C@H](C)C=CC(=O)N[C@@H]1CC[C@H](CC=C(C)C=C[C@H]2OC(C)(C)C[C@@]3(CO3)[C@@H]2O)O[C@@H]1C. The molecule has 3 rings (SSSR count). The molecule has 3 heterocycles. The van der Waals surface area contributed by atoms with Crippen LogP contribution in [0.4, 0.5) is 0 Å². The summed E-state index contributed by atoms with van der Waals surface area (Å²) in [6.45, 7) is 11.7. The zero-order valence-electron chi connectivity index (χ0n) is 21.8. The van der Waals surface area contributed by atoms with E-state index >= 15 is 0 Å². The first-order valence-electron chi connectivity index (χ1n) is 12.6. The van der Waals surface area contributed by atoms with E-state index in [4.69, 9.17) is 18.9 Å². The van der Waals surface area contributed by atoms with E-state index in [-0.39, 0.29) is 35.7 Å². The fraction of sp³-hybridized carbons (Fsp3) is 0.704. The van der Waals surface area contributed by atoms with Gasteiger partial charge in [0.05, 0.1) is 30.5 Å². The van der Waals surface area contributed by atoms with Crippen LogP contribution in [0.5, 0.6) is 0 Å². The third-order valence-corrected chi connectivity index (χ3v) is 6.77. The van der Waals surface area contributed by atoms with Crippen molar-refractivity contribution < 1.29 is 33.6 Å². The number of amides is 1. The lowest BCUT2D eigenvalue weighted by molar-refractivity contribution is -0.171. The molecule has 3 saturated heterocycles. The van der Waals surface area contributed by atoms with Crippen LogP contribution in [0.1, 0.15) is 67.2 Å². The monoisotopic (exact) mass is 491 g/mol. The molecule has 3 aliphatic rings. The topological polar surface area (TPSA) is 107 Å². The molecule has 0 aromatic carbocycles. The highest BCUT2D eigenvalue weighted by Crippen LogP contribution is 2.46. The van der Waals surface area contributed by atoms with Crippen molar-refractivity contribution in [1.82, 2.24) is 5.32 Å². The molecule has 0 unspecified atom stereocenters. The summed E-state index contributed by atoms with van der Waals surface area (Å²) in [4.78, 5) is 23.2. The molecule has 1 amide bonds. The third kappa shape index (κ3) is 8.00. The molecule has 0 aromatic heterocycles. The Bertz CT molecular complexity index is 858. The number of esters is 1. The number of hydrogen-bond donors (Lipinski definition) is 2. The van der Waals surface area contributed by atoms with Crippen LogP contribution in [0.15, 0.2) is 36.0 Å². The maximum atomic E-state index is 12.2. The van der Waals surface area contributed by atoms with Crippen LogP contribution < -0.4 is 5.32 Å². The van der Waals surface area contributed by atoms with Crippen molar-refractivity contribution in [2.75, 3.05) is 6.61 Å². The van der Waals surface area contributed by atoms with E-state index < -0.39 is 23.9 Å². The van der Waals surface area contributed by atoms with Crippen LogP contribution in [-0.2, 0) is 28.5 Å². The Morgan fingerprint density at radius 1 is 1.23 bits per heavy atom. The largest absolute Gasteiger partial charge is 0.459 e. The van der Waals surface area contributed by atoms with Crippen LogP contribution in [-0.4, -0.2) is 71.4 Å². The molecule has 8 nitrogen and oxygen atoms in total. The first kappa shape index (κ1) is 27.6. The Kier molecular flexibility index (Phi) is 8.96. The molecule has 0 aliphatic carbocycles. The molecule has 1 spiro atoms. The number of hydrogen-bond acceptors (Lipinski definition) is 7. The summed E-state index contributed by atoms with van der Waals surface area (Å²) in [6, 6.07) is -0.0670. The quantitative estimate of drug-likeness (QED) is 0.232. The number of epoxide rings is 1. The van der Waals surface area contributed by atoms with Crippen molar-refractivity contribution in [2.45, 2.75) is 115 Å². The van der Waals surface area contributed by atoms with Crippen molar-refractivity contribution in [2.24, 2.45) is 0 Å². The van der Waals surface area contributed by atoms with Crippen LogP contribution >= 0.6 is 0 Å². The van der Waals surface area contributed by atoms with Crippen molar-refractivity contribution in [3.05, 3.63) is 36.0 Å². The standard InChI is InChI=1S/C27H41NO7/c1-17(8-13-23-25(31)27(16-32-27)15-26(5,6)35-23)7-10-21-11-12-22(19(3)34-21)28-24(30)14-9-18(2)33-20(4)29/h7-9,13-14,18-19,21-23,25,31H,10-12,15-16H2,1-6H3,(H,28,30)/t18-,19-,21+,22-,23-,25-,27-/m1/s1. The molecule has 3 aliphatic heterocycles. The summed E-state index contributed by atoms with van der Waals surface area (Å²) in [5, 5.41) is 13.6. The summed E-state index contributed by atoms with van der Waals surface area (Å²) in [7, 11) is 0. The second kappa shape index (κ2) is 11.4. The van der Waals surface area contributed by atoms with Gasteiger partial charge in [-0.3, -0.25) is 9.59 Å². The lowest BCUT2D eigenvalue weighted by Crippen LogP contribution is -2.53. The molecule has 0 bridgehead atoms. The maximum absolute atomic E-state index is 12.2. The molecule has 0 saturated carbocycles. The van der Waals surface area contributed by atoms with E-state index in [2.05, 4.69) is 11.4 Å². The molecule has 0 aromatic rings. The highest BCUT2D eigenvalue weighted by molar-refractivity contribution is 5.87. The first-order chi connectivity index (χ1) is 16.4. The van der Waals surface area contributed by atoms with Crippen LogP contribution in [0, 0.1) is 0 Å². The van der Waals surface area contributed by atoms with Gasteiger partial charge in [0.2, 0.25) is 5.91 Å². The first-order valence-corrected chi connectivity index (χ1v) is 12.6. The van der Waals surface area contributed by atoms with Gasteiger partial charge >= 0.3 is 5.97 Å². The zero-order chi connectivity index (χ0) is 25.8. The molecule has 35 heavy (non-hydrogen) atoms. The van der Waals surface area contributed by atoms with Gasteiger partial charge in [0, 0.05) is 19.4 Å². The molecule has 2 N–H and O–H groups in total. The van der Waals surface area contributed by atoms with Gasteiger partial charge in [0.1, 0.15) is 23.9 Å². The lowest BCUT2D eigenvalue weighted by Gasteiger charge is -2.41. The molecular formula is C27H41NO7. The van der Waals surface area contributed by atoms with Crippen molar-refractivity contribution in [1.29, 1.82) is 0 Å². The van der Waals surface area contributed by atoms with E-state index in [0.29, 0.717) is 13.0 Å². The van der Waals surface area contributed by atoms with Gasteiger partial charge in [0.15, 0.2) is 0 Å². The summed E-state index contributed by atoms with van der Waals surface area (Å²) in [6.07, 6.45) is 10.6. The second-order valence-corrected chi connectivity index (χ2v) is 10.7. The van der Waals surface area contributed by atoms with Crippen LogP contribution in [0.3, 0.4) is 0 Å². The number of carbonyl (C=O) groups excluding carboxylic acids is 2. The zero-order valence-corrected chi connectivity index (χ0v) is 21.8. The predicted molar refractivity (Wildman–Crippen MR) is 132 cm³/mol. The fourth-order valence-corrected chi connectivity index (χ4v) is 4.93. The summed E-state index contributed by atoms with van der Waals surface area (Å²) >= 11 is 0. The Morgan fingerprint density at radius 2 is 1.94 bits per heavy atom. The van der Waals surface area contributed by atoms with Crippen LogP contribution in [0.2, 0.25) is 0 Å². The number of nitrogens with one attached hydrogen (secondary N) is 1. The van der Waals surface area contributed by atoms with E-state index in [1.54, 1.807) is 13.0 Å². The molecule has 7 atom stereocenters. The van der Waals surface area contributed by atoms with Gasteiger partial charge in [-0.05, 0) is 60.0 Å². The average molecular weight is 492 g/mol. The number of carbonyl (C=O) groups is 2. The Morgan fingerprint density at radius 3 is 2.57 bits per heavy atom. The highest BCUT2D eigenvalue weighted by atomic mass is 16.6. The Hall–Kier alpha value is -2.00. The lowest BCUT2D eigenvalue weighted by atomic mass is 9.83. The minimum atomic E-state index is -0.658. The smallest absolute Gasteiger partial charge is 0.303 e. The second-order valence-electron chi connectivity index (χ2n) is 10.7. The summed E-state index contributed by atoms with van der Waals surface area (Å²) in [5.74, 6) is -0.606. The minimum absolute atomic E-state index is 0.0670. The molecule has 196 valence electrons. The van der Waals surface area contributed by atoms with Gasteiger partial charge < -0.3 is 29.4 Å². The van der Waals surface area contributed by atoms with Crippen molar-refractivity contribution >= 4 is 11.9 Å². The highest BCUT2D eigenvalue weighted by Gasteiger charge is 2.60. The third-order valence-electron chi connectivity index (χ3n) is 6.77. The van der Waals surface area contributed by atoms with Gasteiger partial charge in [-0.15, -0.1) is 0 Å². The number of allylic oxidation sites excluding steroid dienone is 2. The summed E-state index contributed by atoms with van der Waals surface area (Å²) in [5.41, 5.74) is 0.285. The normalized spacial score (nSPS) is 35.9. The maximum Gasteiger partial charge on any atom is 0.303 e. The number of ether oxygens (including phenoxy) is 4. The van der Waals surface area contributed by atoms with E-state index in [1.807, 2.05) is 39.8 Å². The van der Waals surface area contributed by atoms with Gasteiger partial charge in [-0.25, -0.2) is 0 Å². The molecule has 3 fully saturated rings. The number of aliphatic hydroxyl groups is 1. The number of aliphatic hydroxyl groups excluding tert-OH is 1. The van der Waals surface area contributed by atoms with Gasteiger partial charge in [-0.1, -0.05) is 23.8 Å². The molecular weight excluding hydrogens is 450 g/mol. The molecule has 8 heteroatoms. The van der Waals surface area contributed by atoms with Gasteiger partial charge in [0.25, 0.3) is 0 Å². The Labute approximate surface area is 208 Å². The fourth-order valence-electron chi connectivity index (χ4n) is 4.93. The van der Waals surface area contributed by atoms with E-state index in [9.17, 15) is 14.7 Å². The molecule has 0 radical (unpaired) electrons. The van der Waals surface area contributed by atoms with E-state index in [1.165, 1.54) is 13.0 Å². The van der Waals surface area contributed by atoms with E-state index in [0.717, 1.165) is 24.8 Å². The average Bonchev–Trinajstić information content (AvgIpc) is 3.53. The summed E-state index contributed by atoms with van der Waals surface area (Å²) < 4.78 is 22.8. The predicted octanol–water partition coefficient (Wildman–Crippen LogP) is 3.14. The Balaban J connectivity index is 1.44.